The van der Waals surface area contributed by atoms with Gasteiger partial charge in [0.25, 0.3) is 0 Å². The summed E-state index contributed by atoms with van der Waals surface area (Å²) in [6, 6.07) is 11.2. The molecule has 5 nitrogen and oxygen atoms in total. The number of methoxy groups -OCH3 is 1. The molecule has 0 radical (unpaired) electrons. The second-order valence-corrected chi connectivity index (χ2v) is 7.24. The average Bonchev–Trinajstić information content (AvgIpc) is 3.01. The van der Waals surface area contributed by atoms with Crippen molar-refractivity contribution >= 4 is 21.8 Å². The number of hydrogen-bond acceptors (Lipinski definition) is 5. The molecule has 0 saturated carbocycles. The van der Waals surface area contributed by atoms with Crippen molar-refractivity contribution < 1.29 is 17.9 Å². The third kappa shape index (κ3) is 3.05. The van der Waals surface area contributed by atoms with Gasteiger partial charge in [0, 0.05) is 18.0 Å². The number of halogens is 4. The molecule has 1 atom stereocenters. The molecular weight excluding hydrogens is 449 g/mol. The fourth-order valence-corrected chi connectivity index (χ4v) is 4.04. The van der Waals surface area contributed by atoms with E-state index in [2.05, 4.69) is 30.9 Å². The van der Waals surface area contributed by atoms with Crippen molar-refractivity contribution in [2.45, 2.75) is 11.7 Å². The molecule has 1 aromatic carbocycles. The van der Waals surface area contributed by atoms with Gasteiger partial charge < -0.3 is 10.5 Å². The molecule has 1 aliphatic heterocycles. The average molecular weight is 463 g/mol. The summed E-state index contributed by atoms with van der Waals surface area (Å²) in [6.45, 7) is 0. The molecule has 2 aromatic heterocycles. The molecule has 0 bridgehead atoms. The van der Waals surface area contributed by atoms with Crippen LogP contribution in [0.1, 0.15) is 28.1 Å². The summed E-state index contributed by atoms with van der Waals surface area (Å²) in [5.74, 6) is 0.730. The molecule has 0 saturated heterocycles. The van der Waals surface area contributed by atoms with Crippen LogP contribution in [-0.4, -0.2) is 22.9 Å². The Morgan fingerprint density at radius 2 is 1.79 bits per heavy atom. The lowest BCUT2D eigenvalue weighted by molar-refractivity contribution is -0.141. The Labute approximate surface area is 172 Å². The minimum Gasteiger partial charge on any atom is -0.496 e. The molecule has 29 heavy (non-hydrogen) atoms. The van der Waals surface area contributed by atoms with Crippen LogP contribution >= 0.6 is 15.9 Å². The van der Waals surface area contributed by atoms with Crippen LogP contribution in [0.15, 0.2) is 64.3 Å². The smallest absolute Gasteiger partial charge is 0.433 e. The normalized spacial score (nSPS) is 18.3. The molecule has 0 fully saturated rings. The standard InChI is InChI=1S/C20H14BrF3N4O/c1-29-15-5-4-11(9-14(15)21)19(12-6-8-26-16(10-12)20(22,23)24)13-3-2-7-27-17(13)18(25)28-19/h2-10H,1H3,(H2,25,28). The van der Waals surface area contributed by atoms with Crippen LogP contribution in [0, 0.1) is 0 Å². The first-order chi connectivity index (χ1) is 13.8. The van der Waals surface area contributed by atoms with Gasteiger partial charge in [0.05, 0.1) is 11.6 Å². The Bertz CT molecular complexity index is 1130. The lowest BCUT2D eigenvalue weighted by Gasteiger charge is -2.29. The summed E-state index contributed by atoms with van der Waals surface area (Å²) >= 11 is 3.44. The van der Waals surface area contributed by atoms with Gasteiger partial charge in [0.1, 0.15) is 28.5 Å². The van der Waals surface area contributed by atoms with E-state index in [0.29, 0.717) is 27.0 Å². The molecule has 3 aromatic rings. The molecule has 0 aliphatic carbocycles. The van der Waals surface area contributed by atoms with Gasteiger partial charge in [-0.2, -0.15) is 13.2 Å². The monoisotopic (exact) mass is 462 g/mol. The van der Waals surface area contributed by atoms with Crippen molar-refractivity contribution in [2.24, 2.45) is 10.7 Å². The van der Waals surface area contributed by atoms with E-state index in [9.17, 15) is 13.2 Å². The van der Waals surface area contributed by atoms with Crippen molar-refractivity contribution in [3.63, 3.8) is 0 Å². The molecule has 4 rings (SSSR count). The predicted octanol–water partition coefficient (Wildman–Crippen LogP) is 4.28. The number of alkyl halides is 3. The highest BCUT2D eigenvalue weighted by atomic mass is 79.9. The fourth-order valence-electron chi connectivity index (χ4n) is 3.50. The Morgan fingerprint density at radius 1 is 1.03 bits per heavy atom. The lowest BCUT2D eigenvalue weighted by atomic mass is 9.78. The number of aromatic nitrogens is 2. The number of fused-ring (bicyclic) bond motifs is 1. The van der Waals surface area contributed by atoms with Crippen LogP contribution in [0.2, 0.25) is 0 Å². The molecule has 1 unspecified atom stereocenters. The molecular formula is C20H14BrF3N4O. The van der Waals surface area contributed by atoms with Crippen LogP contribution in [0.5, 0.6) is 5.75 Å². The second kappa shape index (κ2) is 6.84. The number of benzene rings is 1. The maximum Gasteiger partial charge on any atom is 0.433 e. The maximum absolute atomic E-state index is 13.4. The van der Waals surface area contributed by atoms with Crippen LogP contribution in [0.25, 0.3) is 0 Å². The summed E-state index contributed by atoms with van der Waals surface area (Å²) in [4.78, 5) is 12.4. The highest BCUT2D eigenvalue weighted by molar-refractivity contribution is 9.10. The van der Waals surface area contributed by atoms with Crippen molar-refractivity contribution in [3.05, 3.63) is 87.4 Å². The first-order valence-corrected chi connectivity index (χ1v) is 9.25. The number of aliphatic imine (C=N–C) groups is 1. The fraction of sp³-hybridized carbons (Fsp3) is 0.150. The van der Waals surface area contributed by atoms with Gasteiger partial charge in [-0.3, -0.25) is 9.97 Å². The number of ether oxygens (including phenoxy) is 1. The van der Waals surface area contributed by atoms with E-state index in [1.54, 1.807) is 36.5 Å². The van der Waals surface area contributed by atoms with Crippen molar-refractivity contribution in [1.82, 2.24) is 9.97 Å². The van der Waals surface area contributed by atoms with Crippen LogP contribution in [0.4, 0.5) is 13.2 Å². The minimum absolute atomic E-state index is 0.151. The van der Waals surface area contributed by atoms with Crippen molar-refractivity contribution in [2.75, 3.05) is 7.11 Å². The van der Waals surface area contributed by atoms with E-state index in [4.69, 9.17) is 10.5 Å². The Kier molecular flexibility index (Phi) is 4.57. The van der Waals surface area contributed by atoms with Gasteiger partial charge in [0.15, 0.2) is 0 Å². The first kappa shape index (κ1) is 19.4. The number of hydrogen-bond donors (Lipinski definition) is 1. The molecule has 3 heterocycles. The Hall–Kier alpha value is -2.94. The molecule has 148 valence electrons. The first-order valence-electron chi connectivity index (χ1n) is 8.46. The lowest BCUT2D eigenvalue weighted by Crippen LogP contribution is -2.26. The zero-order valence-electron chi connectivity index (χ0n) is 15.0. The third-order valence-electron chi connectivity index (χ3n) is 4.77. The summed E-state index contributed by atoms with van der Waals surface area (Å²) < 4.78 is 46.0. The van der Waals surface area contributed by atoms with Gasteiger partial charge >= 0.3 is 6.18 Å². The largest absolute Gasteiger partial charge is 0.496 e. The number of amidine groups is 1. The SMILES string of the molecule is COc1ccc(C2(c3ccnc(C(F)(F)F)c3)N=C(N)c3ncccc32)cc1Br. The zero-order valence-corrected chi connectivity index (χ0v) is 16.6. The number of nitrogens with zero attached hydrogens (tertiary/aromatic N) is 3. The van der Waals surface area contributed by atoms with Gasteiger partial charge in [-0.05, 0) is 57.4 Å². The quantitative estimate of drug-likeness (QED) is 0.630. The second-order valence-electron chi connectivity index (χ2n) is 6.38. The van der Waals surface area contributed by atoms with E-state index < -0.39 is 17.4 Å². The van der Waals surface area contributed by atoms with E-state index in [1.165, 1.54) is 13.2 Å². The Morgan fingerprint density at radius 3 is 2.48 bits per heavy atom. The predicted molar refractivity (Wildman–Crippen MR) is 105 cm³/mol. The van der Waals surface area contributed by atoms with Crippen molar-refractivity contribution in [1.29, 1.82) is 0 Å². The van der Waals surface area contributed by atoms with Crippen molar-refractivity contribution in [3.8, 4) is 5.75 Å². The molecule has 1 aliphatic rings. The summed E-state index contributed by atoms with van der Waals surface area (Å²) in [5.41, 5.74) is 5.74. The summed E-state index contributed by atoms with van der Waals surface area (Å²) in [5, 5.41) is 0. The van der Waals surface area contributed by atoms with Crippen LogP contribution in [0.3, 0.4) is 0 Å². The number of rotatable bonds is 3. The summed E-state index contributed by atoms with van der Waals surface area (Å²) in [7, 11) is 1.53. The molecule has 0 spiro atoms. The minimum atomic E-state index is -4.59. The third-order valence-corrected chi connectivity index (χ3v) is 5.39. The molecule has 9 heteroatoms. The summed E-state index contributed by atoms with van der Waals surface area (Å²) in [6.07, 6.45) is -1.91. The van der Waals surface area contributed by atoms with Gasteiger partial charge in [-0.25, -0.2) is 4.99 Å². The van der Waals surface area contributed by atoms with Gasteiger partial charge in [-0.15, -0.1) is 0 Å². The number of nitrogens with two attached hydrogens (primary N) is 1. The highest BCUT2D eigenvalue weighted by Crippen LogP contribution is 2.47. The zero-order chi connectivity index (χ0) is 20.8. The molecule has 2 N–H and O–H groups in total. The topological polar surface area (TPSA) is 73.4 Å². The number of pyridine rings is 2. The Balaban J connectivity index is 2.05. The van der Waals surface area contributed by atoms with E-state index >= 15 is 0 Å². The molecule has 0 amide bonds. The van der Waals surface area contributed by atoms with E-state index in [1.807, 2.05) is 0 Å². The van der Waals surface area contributed by atoms with E-state index in [0.717, 1.165) is 12.3 Å². The van der Waals surface area contributed by atoms with Gasteiger partial charge in [0.2, 0.25) is 0 Å². The van der Waals surface area contributed by atoms with Crippen LogP contribution < -0.4 is 10.5 Å². The van der Waals surface area contributed by atoms with E-state index in [-0.39, 0.29) is 11.4 Å². The van der Waals surface area contributed by atoms with Gasteiger partial charge in [-0.1, -0.05) is 12.1 Å². The maximum atomic E-state index is 13.4. The highest BCUT2D eigenvalue weighted by Gasteiger charge is 2.45. The van der Waals surface area contributed by atoms with Crippen LogP contribution in [-0.2, 0) is 11.7 Å².